The predicted octanol–water partition coefficient (Wildman–Crippen LogP) is 3.60. The monoisotopic (exact) mass is 283 g/mol. The van der Waals surface area contributed by atoms with Gasteiger partial charge < -0.3 is 4.90 Å². The van der Waals surface area contributed by atoms with Gasteiger partial charge in [-0.1, -0.05) is 13.3 Å². The van der Waals surface area contributed by atoms with E-state index >= 15 is 0 Å². The van der Waals surface area contributed by atoms with Gasteiger partial charge in [0.05, 0.1) is 5.56 Å². The SMILES string of the molecule is CCCC1CCN(c2nc(C(F)(F)F)ccc2C#N)C1. The third-order valence-electron chi connectivity index (χ3n) is 3.57. The summed E-state index contributed by atoms with van der Waals surface area (Å²) < 4.78 is 38.2. The fraction of sp³-hybridized carbons (Fsp3) is 0.571. The van der Waals surface area contributed by atoms with Crippen molar-refractivity contribution in [3.8, 4) is 6.07 Å². The van der Waals surface area contributed by atoms with Crippen LogP contribution in [0.2, 0.25) is 0 Å². The third-order valence-corrected chi connectivity index (χ3v) is 3.57. The van der Waals surface area contributed by atoms with E-state index in [0.717, 1.165) is 25.3 Å². The van der Waals surface area contributed by atoms with Crippen LogP contribution < -0.4 is 4.90 Å². The van der Waals surface area contributed by atoms with Crippen molar-refractivity contribution in [2.24, 2.45) is 5.92 Å². The Labute approximate surface area is 116 Å². The Morgan fingerprint density at radius 2 is 2.20 bits per heavy atom. The van der Waals surface area contributed by atoms with Crippen LogP contribution >= 0.6 is 0 Å². The summed E-state index contributed by atoms with van der Waals surface area (Å²) in [5, 5.41) is 9.04. The van der Waals surface area contributed by atoms with Gasteiger partial charge >= 0.3 is 6.18 Å². The first kappa shape index (κ1) is 14.6. The van der Waals surface area contributed by atoms with Gasteiger partial charge in [0.25, 0.3) is 0 Å². The first-order chi connectivity index (χ1) is 9.45. The Kier molecular flexibility index (Phi) is 4.17. The smallest absolute Gasteiger partial charge is 0.355 e. The van der Waals surface area contributed by atoms with Crippen molar-refractivity contribution < 1.29 is 13.2 Å². The van der Waals surface area contributed by atoms with Gasteiger partial charge in [0.15, 0.2) is 0 Å². The lowest BCUT2D eigenvalue weighted by molar-refractivity contribution is -0.141. The molecule has 1 aromatic rings. The van der Waals surface area contributed by atoms with Crippen molar-refractivity contribution in [1.82, 2.24) is 4.98 Å². The molecule has 2 heterocycles. The maximum absolute atomic E-state index is 12.7. The molecule has 6 heteroatoms. The van der Waals surface area contributed by atoms with E-state index in [-0.39, 0.29) is 11.4 Å². The number of hydrogen-bond donors (Lipinski definition) is 0. The van der Waals surface area contributed by atoms with Gasteiger partial charge in [0.2, 0.25) is 0 Å². The average Bonchev–Trinajstić information content (AvgIpc) is 2.86. The highest BCUT2D eigenvalue weighted by Crippen LogP contribution is 2.32. The second-order valence-corrected chi connectivity index (χ2v) is 5.07. The number of nitriles is 1. The molecule has 1 fully saturated rings. The second-order valence-electron chi connectivity index (χ2n) is 5.07. The van der Waals surface area contributed by atoms with Gasteiger partial charge in [-0.3, -0.25) is 0 Å². The number of pyridine rings is 1. The van der Waals surface area contributed by atoms with Crippen LogP contribution in [-0.2, 0) is 6.18 Å². The summed E-state index contributed by atoms with van der Waals surface area (Å²) in [6.07, 6.45) is -1.43. The molecule has 0 saturated carbocycles. The van der Waals surface area contributed by atoms with Crippen LogP contribution in [0.4, 0.5) is 19.0 Å². The molecule has 0 N–H and O–H groups in total. The van der Waals surface area contributed by atoms with E-state index in [1.165, 1.54) is 6.07 Å². The minimum absolute atomic E-state index is 0.168. The number of anilines is 1. The van der Waals surface area contributed by atoms with Crippen LogP contribution in [0.5, 0.6) is 0 Å². The minimum Gasteiger partial charge on any atom is -0.355 e. The summed E-state index contributed by atoms with van der Waals surface area (Å²) >= 11 is 0. The molecule has 0 aromatic carbocycles. The van der Waals surface area contributed by atoms with E-state index in [2.05, 4.69) is 11.9 Å². The Bertz CT molecular complexity index is 519. The highest BCUT2D eigenvalue weighted by Gasteiger charge is 2.34. The van der Waals surface area contributed by atoms with Gasteiger partial charge in [-0.25, -0.2) is 4.98 Å². The molecule has 20 heavy (non-hydrogen) atoms. The highest BCUT2D eigenvalue weighted by molar-refractivity contribution is 5.55. The lowest BCUT2D eigenvalue weighted by atomic mass is 10.0. The standard InChI is InChI=1S/C14H16F3N3/c1-2-3-10-6-7-20(9-10)13-11(8-18)4-5-12(19-13)14(15,16)17/h4-5,10H,2-3,6-7,9H2,1H3. The normalized spacial score (nSPS) is 19.1. The molecule has 1 atom stereocenters. The lowest BCUT2D eigenvalue weighted by Crippen LogP contribution is -2.23. The van der Waals surface area contributed by atoms with Crippen molar-refractivity contribution in [1.29, 1.82) is 5.26 Å². The van der Waals surface area contributed by atoms with Crippen molar-refractivity contribution >= 4 is 5.82 Å². The van der Waals surface area contributed by atoms with E-state index in [4.69, 9.17) is 5.26 Å². The summed E-state index contributed by atoms with van der Waals surface area (Å²) in [4.78, 5) is 5.47. The summed E-state index contributed by atoms with van der Waals surface area (Å²) in [5.41, 5.74) is -0.736. The third kappa shape index (κ3) is 3.03. The summed E-state index contributed by atoms with van der Waals surface area (Å²) in [6, 6.07) is 4.00. The van der Waals surface area contributed by atoms with Crippen LogP contribution in [0.3, 0.4) is 0 Å². The molecule has 0 amide bonds. The number of hydrogen-bond acceptors (Lipinski definition) is 3. The number of alkyl halides is 3. The molecule has 0 spiro atoms. The Morgan fingerprint density at radius 3 is 2.80 bits per heavy atom. The van der Waals surface area contributed by atoms with Gasteiger partial charge in [-0.05, 0) is 30.9 Å². The molecule has 0 radical (unpaired) electrons. The maximum atomic E-state index is 12.7. The maximum Gasteiger partial charge on any atom is 0.433 e. The number of halogens is 3. The fourth-order valence-corrected chi connectivity index (χ4v) is 2.60. The van der Waals surface area contributed by atoms with Gasteiger partial charge in [-0.2, -0.15) is 18.4 Å². The summed E-state index contributed by atoms with van der Waals surface area (Å²) in [6.45, 7) is 3.43. The average molecular weight is 283 g/mol. The van der Waals surface area contributed by atoms with Crippen molar-refractivity contribution in [3.05, 3.63) is 23.4 Å². The van der Waals surface area contributed by atoms with Gasteiger partial charge in [0.1, 0.15) is 17.6 Å². The Morgan fingerprint density at radius 1 is 1.45 bits per heavy atom. The van der Waals surface area contributed by atoms with Crippen LogP contribution in [0.1, 0.15) is 37.4 Å². The first-order valence-electron chi connectivity index (χ1n) is 6.69. The van der Waals surface area contributed by atoms with Gasteiger partial charge in [-0.15, -0.1) is 0 Å². The quantitative estimate of drug-likeness (QED) is 0.851. The summed E-state index contributed by atoms with van der Waals surface area (Å²) in [5.74, 6) is 0.642. The van der Waals surface area contributed by atoms with Crippen molar-refractivity contribution in [2.75, 3.05) is 18.0 Å². The zero-order chi connectivity index (χ0) is 14.8. The van der Waals surface area contributed by atoms with Crippen LogP contribution in [0, 0.1) is 17.2 Å². The zero-order valence-corrected chi connectivity index (χ0v) is 11.2. The number of aromatic nitrogens is 1. The fourth-order valence-electron chi connectivity index (χ4n) is 2.60. The predicted molar refractivity (Wildman–Crippen MR) is 69.2 cm³/mol. The van der Waals surface area contributed by atoms with E-state index in [1.807, 2.05) is 6.07 Å². The molecule has 1 unspecified atom stereocenters. The molecule has 0 aliphatic carbocycles. The van der Waals surface area contributed by atoms with Crippen LogP contribution in [0.25, 0.3) is 0 Å². The highest BCUT2D eigenvalue weighted by atomic mass is 19.4. The Hall–Kier alpha value is -1.77. The number of rotatable bonds is 3. The van der Waals surface area contributed by atoms with Crippen molar-refractivity contribution in [3.63, 3.8) is 0 Å². The van der Waals surface area contributed by atoms with Crippen LogP contribution in [0.15, 0.2) is 12.1 Å². The number of nitrogens with zero attached hydrogens (tertiary/aromatic N) is 3. The van der Waals surface area contributed by atoms with E-state index in [0.29, 0.717) is 19.0 Å². The molecule has 3 nitrogen and oxygen atoms in total. The van der Waals surface area contributed by atoms with Crippen molar-refractivity contribution in [2.45, 2.75) is 32.4 Å². The molecular formula is C14H16F3N3. The second kappa shape index (κ2) is 5.70. The van der Waals surface area contributed by atoms with E-state index in [9.17, 15) is 13.2 Å². The lowest BCUT2D eigenvalue weighted by Gasteiger charge is -2.20. The first-order valence-corrected chi connectivity index (χ1v) is 6.69. The molecule has 1 aliphatic rings. The topological polar surface area (TPSA) is 39.9 Å². The zero-order valence-electron chi connectivity index (χ0n) is 11.2. The molecule has 1 aromatic heterocycles. The summed E-state index contributed by atoms with van der Waals surface area (Å²) in [7, 11) is 0. The molecular weight excluding hydrogens is 267 g/mol. The molecule has 1 saturated heterocycles. The molecule has 2 rings (SSSR count). The molecule has 0 bridgehead atoms. The van der Waals surface area contributed by atoms with Crippen LogP contribution in [-0.4, -0.2) is 18.1 Å². The van der Waals surface area contributed by atoms with Gasteiger partial charge in [0, 0.05) is 13.1 Å². The molecule has 1 aliphatic heterocycles. The van der Waals surface area contributed by atoms with E-state index in [1.54, 1.807) is 4.90 Å². The minimum atomic E-state index is -4.48. The largest absolute Gasteiger partial charge is 0.433 e. The molecule has 108 valence electrons. The Balaban J connectivity index is 2.28. The van der Waals surface area contributed by atoms with E-state index < -0.39 is 11.9 Å².